The van der Waals surface area contributed by atoms with Crippen molar-refractivity contribution in [3.05, 3.63) is 11.7 Å². The molecule has 16 heavy (non-hydrogen) atoms. The first-order valence-corrected chi connectivity index (χ1v) is 5.92. The highest BCUT2D eigenvalue weighted by Crippen LogP contribution is 2.19. The molecule has 0 saturated heterocycles. The third kappa shape index (κ3) is 3.02. The molecule has 1 unspecified atom stereocenters. The Morgan fingerprint density at radius 1 is 1.56 bits per heavy atom. The van der Waals surface area contributed by atoms with Crippen LogP contribution in [-0.4, -0.2) is 29.8 Å². The molecule has 1 aliphatic rings. The molecule has 1 aliphatic carbocycles. The molecule has 0 amide bonds. The molecule has 5 nitrogen and oxygen atoms in total. The molecule has 1 atom stereocenters. The van der Waals surface area contributed by atoms with Crippen LogP contribution in [0.15, 0.2) is 4.52 Å². The summed E-state index contributed by atoms with van der Waals surface area (Å²) in [4.78, 5) is 4.33. The van der Waals surface area contributed by atoms with E-state index in [1.54, 1.807) is 7.11 Å². The maximum Gasteiger partial charge on any atom is 0.228 e. The van der Waals surface area contributed by atoms with Gasteiger partial charge in [-0.15, -0.1) is 0 Å². The summed E-state index contributed by atoms with van der Waals surface area (Å²) in [6, 6.07) is 0.727. The van der Waals surface area contributed by atoms with Gasteiger partial charge in [-0.3, -0.25) is 0 Å². The zero-order valence-corrected chi connectivity index (χ0v) is 9.90. The van der Waals surface area contributed by atoms with Gasteiger partial charge in [-0.1, -0.05) is 12.1 Å². The van der Waals surface area contributed by atoms with Gasteiger partial charge in [0.1, 0.15) is 6.10 Å². The molecule has 1 heterocycles. The van der Waals surface area contributed by atoms with Crippen molar-refractivity contribution in [2.75, 3.05) is 13.7 Å². The van der Waals surface area contributed by atoms with Gasteiger partial charge in [-0.2, -0.15) is 4.98 Å². The Balaban J connectivity index is 1.80. The van der Waals surface area contributed by atoms with E-state index in [0.29, 0.717) is 11.7 Å². The zero-order chi connectivity index (χ0) is 11.4. The molecule has 1 fully saturated rings. The van der Waals surface area contributed by atoms with Crippen LogP contribution in [-0.2, 0) is 11.2 Å². The topological polar surface area (TPSA) is 60.2 Å². The van der Waals surface area contributed by atoms with Gasteiger partial charge in [0.25, 0.3) is 0 Å². The van der Waals surface area contributed by atoms with Crippen molar-refractivity contribution in [3.63, 3.8) is 0 Å². The largest absolute Gasteiger partial charge is 0.373 e. The number of ether oxygens (including phenoxy) is 1. The first-order valence-electron chi connectivity index (χ1n) is 5.92. The van der Waals surface area contributed by atoms with Gasteiger partial charge in [0.15, 0.2) is 0 Å². The molecule has 0 aromatic carbocycles. The van der Waals surface area contributed by atoms with Crippen molar-refractivity contribution in [2.45, 2.75) is 44.8 Å². The summed E-state index contributed by atoms with van der Waals surface area (Å²) in [6.07, 6.45) is 4.21. The molecule has 0 radical (unpaired) electrons. The minimum absolute atomic E-state index is 0.0473. The SMILES string of the molecule is CCC(OC)c1noc(CCNC2CC2)n1. The predicted octanol–water partition coefficient (Wildman–Crippen LogP) is 1.46. The van der Waals surface area contributed by atoms with E-state index in [2.05, 4.69) is 15.5 Å². The summed E-state index contributed by atoms with van der Waals surface area (Å²) in [6.45, 7) is 2.95. The summed E-state index contributed by atoms with van der Waals surface area (Å²) in [5.74, 6) is 1.35. The molecule has 1 saturated carbocycles. The Hall–Kier alpha value is -0.940. The van der Waals surface area contributed by atoms with E-state index in [1.165, 1.54) is 12.8 Å². The predicted molar refractivity (Wildman–Crippen MR) is 59.1 cm³/mol. The number of methoxy groups -OCH3 is 1. The van der Waals surface area contributed by atoms with Crippen LogP contribution in [0.5, 0.6) is 0 Å². The van der Waals surface area contributed by atoms with Gasteiger partial charge in [0.2, 0.25) is 11.7 Å². The Bertz CT molecular complexity index is 319. The van der Waals surface area contributed by atoms with Crippen LogP contribution >= 0.6 is 0 Å². The maximum absolute atomic E-state index is 5.25. The summed E-state index contributed by atoms with van der Waals surface area (Å²) >= 11 is 0. The molecule has 90 valence electrons. The lowest BCUT2D eigenvalue weighted by Gasteiger charge is -2.06. The van der Waals surface area contributed by atoms with Crippen LogP contribution in [0.3, 0.4) is 0 Å². The molecular weight excluding hydrogens is 206 g/mol. The molecule has 0 spiro atoms. The Labute approximate surface area is 95.6 Å². The summed E-state index contributed by atoms with van der Waals surface area (Å²) in [5.41, 5.74) is 0. The Kier molecular flexibility index (Phi) is 3.90. The van der Waals surface area contributed by atoms with E-state index in [-0.39, 0.29) is 6.10 Å². The molecular formula is C11H19N3O2. The van der Waals surface area contributed by atoms with Gasteiger partial charge in [-0.05, 0) is 19.3 Å². The van der Waals surface area contributed by atoms with Crippen molar-refractivity contribution in [1.29, 1.82) is 0 Å². The fraction of sp³-hybridized carbons (Fsp3) is 0.818. The second-order valence-electron chi connectivity index (χ2n) is 4.16. The Morgan fingerprint density at radius 3 is 3.00 bits per heavy atom. The van der Waals surface area contributed by atoms with Crippen LogP contribution in [0.25, 0.3) is 0 Å². The van der Waals surface area contributed by atoms with Crippen molar-refractivity contribution < 1.29 is 9.26 Å². The van der Waals surface area contributed by atoms with E-state index >= 15 is 0 Å². The van der Waals surface area contributed by atoms with Crippen LogP contribution in [0.4, 0.5) is 0 Å². The highest BCUT2D eigenvalue weighted by molar-refractivity contribution is 4.92. The van der Waals surface area contributed by atoms with Gasteiger partial charge in [0, 0.05) is 26.1 Å². The van der Waals surface area contributed by atoms with Gasteiger partial charge in [-0.25, -0.2) is 0 Å². The van der Waals surface area contributed by atoms with E-state index in [0.717, 1.165) is 25.4 Å². The first-order chi connectivity index (χ1) is 7.83. The van der Waals surface area contributed by atoms with Gasteiger partial charge >= 0.3 is 0 Å². The lowest BCUT2D eigenvalue weighted by Crippen LogP contribution is -2.19. The molecule has 2 rings (SSSR count). The number of nitrogens with one attached hydrogen (secondary N) is 1. The highest BCUT2D eigenvalue weighted by atomic mass is 16.5. The minimum atomic E-state index is -0.0473. The van der Waals surface area contributed by atoms with Crippen molar-refractivity contribution in [1.82, 2.24) is 15.5 Å². The quantitative estimate of drug-likeness (QED) is 0.761. The van der Waals surface area contributed by atoms with Crippen LogP contribution in [0.2, 0.25) is 0 Å². The van der Waals surface area contributed by atoms with Crippen molar-refractivity contribution in [2.24, 2.45) is 0 Å². The number of hydrogen-bond acceptors (Lipinski definition) is 5. The van der Waals surface area contributed by atoms with Crippen LogP contribution in [0, 0.1) is 0 Å². The first kappa shape index (κ1) is 11.5. The lowest BCUT2D eigenvalue weighted by molar-refractivity contribution is 0.0903. The van der Waals surface area contributed by atoms with Crippen molar-refractivity contribution in [3.8, 4) is 0 Å². The fourth-order valence-electron chi connectivity index (χ4n) is 1.63. The van der Waals surface area contributed by atoms with Gasteiger partial charge in [0.05, 0.1) is 0 Å². The summed E-state index contributed by atoms with van der Waals surface area (Å²) in [5, 5.41) is 7.35. The average molecular weight is 225 g/mol. The van der Waals surface area contributed by atoms with Crippen LogP contribution < -0.4 is 5.32 Å². The standard InChI is InChI=1S/C11H19N3O2/c1-3-9(15-2)11-13-10(16-14-11)6-7-12-8-4-5-8/h8-9,12H,3-7H2,1-2H3. The number of aromatic nitrogens is 2. The number of nitrogens with zero attached hydrogens (tertiary/aromatic N) is 2. The molecule has 0 aliphatic heterocycles. The second kappa shape index (κ2) is 5.41. The minimum Gasteiger partial charge on any atom is -0.373 e. The lowest BCUT2D eigenvalue weighted by atomic mass is 10.2. The smallest absolute Gasteiger partial charge is 0.228 e. The van der Waals surface area contributed by atoms with E-state index in [4.69, 9.17) is 9.26 Å². The molecule has 1 aromatic rings. The number of rotatable bonds is 7. The van der Waals surface area contributed by atoms with Crippen LogP contribution in [0.1, 0.15) is 44.0 Å². The third-order valence-electron chi connectivity index (χ3n) is 2.78. The molecule has 0 bridgehead atoms. The summed E-state index contributed by atoms with van der Waals surface area (Å²) < 4.78 is 10.4. The maximum atomic E-state index is 5.25. The highest BCUT2D eigenvalue weighted by Gasteiger charge is 2.20. The molecule has 5 heteroatoms. The van der Waals surface area contributed by atoms with Crippen molar-refractivity contribution >= 4 is 0 Å². The zero-order valence-electron chi connectivity index (χ0n) is 9.90. The fourth-order valence-corrected chi connectivity index (χ4v) is 1.63. The van der Waals surface area contributed by atoms with E-state index in [1.807, 2.05) is 6.92 Å². The van der Waals surface area contributed by atoms with E-state index in [9.17, 15) is 0 Å². The molecule has 1 aromatic heterocycles. The monoisotopic (exact) mass is 225 g/mol. The normalized spacial score (nSPS) is 17.6. The van der Waals surface area contributed by atoms with Gasteiger partial charge < -0.3 is 14.6 Å². The Morgan fingerprint density at radius 2 is 2.38 bits per heavy atom. The average Bonchev–Trinajstić information content (AvgIpc) is 3.00. The second-order valence-corrected chi connectivity index (χ2v) is 4.16. The third-order valence-corrected chi connectivity index (χ3v) is 2.78. The summed E-state index contributed by atoms with van der Waals surface area (Å²) in [7, 11) is 1.67. The number of hydrogen-bond donors (Lipinski definition) is 1. The molecule has 1 N–H and O–H groups in total. The van der Waals surface area contributed by atoms with E-state index < -0.39 is 0 Å².